The molecule has 1 amide bonds. The minimum atomic E-state index is -1.84. The maximum Gasteiger partial charge on any atom is 0.375 e. The Balaban J connectivity index is 1.21. The smallest absolute Gasteiger partial charge is 0.375 e. The Hall–Kier alpha value is -5.74. The van der Waals surface area contributed by atoms with Crippen LogP contribution in [0.2, 0.25) is 0 Å². The molecular weight excluding hydrogens is 733 g/mol. The molecule has 0 saturated heterocycles. The van der Waals surface area contributed by atoms with Gasteiger partial charge >= 0.3 is 17.9 Å². The molecule has 1 aliphatic carbocycles. The molecule has 22 heteroatoms. The number of rotatable bonds is 12. The first-order valence-electron chi connectivity index (χ1n) is 14.4. The molecule has 2 aliphatic rings. The van der Waals surface area contributed by atoms with Gasteiger partial charge in [0, 0.05) is 39.0 Å². The summed E-state index contributed by atoms with van der Waals surface area (Å²) in [5, 5.41) is 60.1. The van der Waals surface area contributed by atoms with Crippen molar-refractivity contribution < 1.29 is 54.3 Å². The molecule has 6 rings (SSSR count). The number of nitrogen functional groups attached to an aromatic ring is 1. The van der Waals surface area contributed by atoms with E-state index in [0.717, 1.165) is 23.5 Å². The lowest BCUT2D eigenvalue weighted by Crippen LogP contribution is -2.66. The van der Waals surface area contributed by atoms with E-state index in [1.54, 1.807) is 13.0 Å². The minimum absolute atomic E-state index is 0.0433. The number of carbonyl (C=O) groups excluding carboxylic acids is 2. The molecule has 4 atom stereocenters. The van der Waals surface area contributed by atoms with E-state index in [4.69, 9.17) is 10.6 Å². The number of aromatic carboxylic acids is 1. The van der Waals surface area contributed by atoms with E-state index in [0.29, 0.717) is 16.3 Å². The maximum atomic E-state index is 13.5. The Morgan fingerprint density at radius 3 is 2.53 bits per heavy atom. The van der Waals surface area contributed by atoms with Crippen LogP contribution in [0.15, 0.2) is 51.0 Å². The summed E-state index contributed by atoms with van der Waals surface area (Å²) in [7, 11) is 0. The number of nitrogens with one attached hydrogen (secondary N) is 1. The van der Waals surface area contributed by atoms with Crippen molar-refractivity contribution in [1.82, 2.24) is 29.9 Å². The molecule has 264 valence electrons. The van der Waals surface area contributed by atoms with Gasteiger partial charge in [-0.15, -0.1) is 28.2 Å². The average Bonchev–Trinajstić information content (AvgIpc) is 3.71. The summed E-state index contributed by atoms with van der Waals surface area (Å²) in [5.41, 5.74) is 5.86. The number of amides is 1. The second-order valence-electron chi connectivity index (χ2n) is 11.0. The van der Waals surface area contributed by atoms with Gasteiger partial charge in [-0.1, -0.05) is 11.2 Å². The van der Waals surface area contributed by atoms with Crippen LogP contribution in [0.1, 0.15) is 33.7 Å². The molecule has 1 saturated carbocycles. The quantitative estimate of drug-likeness (QED) is 0.0350. The number of aromatic hydroxyl groups is 2. The first-order chi connectivity index (χ1) is 24.2. The van der Waals surface area contributed by atoms with Gasteiger partial charge in [-0.05, 0) is 30.7 Å². The number of thioether (sulfide) groups is 2. The van der Waals surface area contributed by atoms with E-state index in [1.807, 2.05) is 0 Å². The van der Waals surface area contributed by atoms with Crippen LogP contribution in [0.25, 0.3) is 5.78 Å². The van der Waals surface area contributed by atoms with Crippen LogP contribution in [0.4, 0.5) is 5.13 Å². The molecule has 0 radical (unpaired) electrons. The van der Waals surface area contributed by atoms with E-state index >= 15 is 0 Å². The number of carboxylic acid groups (broad SMARTS) is 3. The number of thiazole rings is 1. The van der Waals surface area contributed by atoms with Crippen LogP contribution >= 0.6 is 34.9 Å². The van der Waals surface area contributed by atoms with Crippen LogP contribution in [0.3, 0.4) is 0 Å². The summed E-state index contributed by atoms with van der Waals surface area (Å²) in [5.74, 6) is -8.04. The number of hydrogen-bond donors (Lipinski definition) is 7. The zero-order chi connectivity index (χ0) is 36.7. The second-order valence-corrected chi connectivity index (χ2v) is 14.0. The van der Waals surface area contributed by atoms with Crippen molar-refractivity contribution in [1.29, 1.82) is 0 Å². The van der Waals surface area contributed by atoms with Crippen molar-refractivity contribution >= 4 is 81.1 Å². The van der Waals surface area contributed by atoms with E-state index in [9.17, 15) is 49.5 Å². The van der Waals surface area contributed by atoms with Gasteiger partial charge in [0.25, 0.3) is 17.5 Å². The fourth-order valence-corrected chi connectivity index (χ4v) is 8.58. The van der Waals surface area contributed by atoms with Crippen LogP contribution < -0.4 is 11.1 Å². The summed E-state index contributed by atoms with van der Waals surface area (Å²) >= 11 is 3.37. The lowest BCUT2D eigenvalue weighted by atomic mass is 9.71. The standard InChI is InChI=1S/C29H24N8O11S3/c1-9-4-15(37-29(31-9)34-23(35-37)27(46)47)49-6-11-7-50-22-17(16(11)25(42)43)20(40)19(22)33-24(41)18(12-8-51-28(30)32-12)36-48-21(26(44)45)10-2-3-13(38)14(39)5-10/h2-5,8,17,19,21-22,38-39H,6-7H2,1H3,(H2,30,32)(H,33,41)(H,42,43)(H,44,45)(H,46,47)/b36-18-/t17?,19-,21-,22+/m1/s1. The van der Waals surface area contributed by atoms with Crippen molar-refractivity contribution in [2.24, 2.45) is 11.1 Å². The predicted molar refractivity (Wildman–Crippen MR) is 179 cm³/mol. The lowest BCUT2D eigenvalue weighted by molar-refractivity contribution is -0.151. The van der Waals surface area contributed by atoms with E-state index in [1.165, 1.54) is 39.5 Å². The number of fused-ring (bicyclic) bond motifs is 2. The highest BCUT2D eigenvalue weighted by atomic mass is 32.2. The molecule has 19 nitrogen and oxygen atoms in total. The molecule has 8 N–H and O–H groups in total. The predicted octanol–water partition coefficient (Wildman–Crippen LogP) is 1.10. The van der Waals surface area contributed by atoms with E-state index < -0.39 is 75.9 Å². The van der Waals surface area contributed by atoms with E-state index in [2.05, 4.69) is 30.5 Å². The Labute approximate surface area is 297 Å². The van der Waals surface area contributed by atoms with Crippen molar-refractivity contribution in [3.05, 3.63) is 63.6 Å². The Bertz CT molecular complexity index is 2200. The molecule has 3 aromatic heterocycles. The largest absolute Gasteiger partial charge is 0.504 e. The highest BCUT2D eigenvalue weighted by molar-refractivity contribution is 8.01. The number of carboxylic acids is 3. The monoisotopic (exact) mass is 756 g/mol. The summed E-state index contributed by atoms with van der Waals surface area (Å²) in [6, 6.07) is 3.65. The highest BCUT2D eigenvalue weighted by Crippen LogP contribution is 2.46. The summed E-state index contributed by atoms with van der Waals surface area (Å²) in [6.45, 7) is 1.68. The van der Waals surface area contributed by atoms with Gasteiger partial charge < -0.3 is 41.4 Å². The Kier molecular flexibility index (Phi) is 9.55. The Morgan fingerprint density at radius 2 is 1.88 bits per heavy atom. The average molecular weight is 757 g/mol. The topological polar surface area (TPSA) is 302 Å². The number of phenolic OH excluding ortho intramolecular Hbond substituents is 2. The number of benzene rings is 1. The zero-order valence-electron chi connectivity index (χ0n) is 25.8. The van der Waals surface area contributed by atoms with Crippen LogP contribution in [-0.4, -0.2) is 108 Å². The van der Waals surface area contributed by atoms with Gasteiger partial charge in [0.15, 0.2) is 28.1 Å². The maximum absolute atomic E-state index is 13.5. The number of aryl methyl sites for hydroxylation is 1. The number of anilines is 1. The number of nitrogens with two attached hydrogens (primary N) is 1. The third-order valence-corrected chi connectivity index (χ3v) is 10.9. The number of aromatic nitrogens is 5. The molecule has 51 heavy (non-hydrogen) atoms. The molecule has 1 fully saturated rings. The second kappa shape index (κ2) is 13.9. The van der Waals surface area contributed by atoms with Gasteiger partial charge in [0.05, 0.1) is 5.92 Å². The fraction of sp³-hybridized carbons (Fsp3) is 0.241. The number of hydrogen-bond acceptors (Lipinski definition) is 17. The van der Waals surface area contributed by atoms with Crippen molar-refractivity contribution in [2.45, 2.75) is 29.3 Å². The third kappa shape index (κ3) is 6.87. The normalized spacial score (nSPS) is 19.3. The van der Waals surface area contributed by atoms with Crippen LogP contribution in [-0.2, 0) is 24.0 Å². The number of nitrogens with zero attached hydrogens (tertiary/aromatic N) is 6. The van der Waals surface area contributed by atoms with Gasteiger partial charge in [0.1, 0.15) is 16.8 Å². The first-order valence-corrected chi connectivity index (χ1v) is 17.4. The molecule has 1 aromatic carbocycles. The fourth-order valence-electron chi connectivity index (χ4n) is 5.32. The van der Waals surface area contributed by atoms with Crippen LogP contribution in [0, 0.1) is 12.8 Å². The van der Waals surface area contributed by atoms with Crippen LogP contribution in [0.5, 0.6) is 11.5 Å². The number of ketones is 1. The summed E-state index contributed by atoms with van der Waals surface area (Å²) in [6.07, 6.45) is -1.84. The molecular formula is C29H24N8O11S3. The van der Waals surface area contributed by atoms with Gasteiger partial charge in [-0.3, -0.25) is 9.59 Å². The summed E-state index contributed by atoms with van der Waals surface area (Å²) < 4.78 is 1.24. The van der Waals surface area contributed by atoms with Gasteiger partial charge in [-0.2, -0.15) is 21.3 Å². The summed E-state index contributed by atoms with van der Waals surface area (Å²) in [4.78, 5) is 80.2. The van der Waals surface area contributed by atoms with Gasteiger partial charge in [-0.25, -0.2) is 24.4 Å². The molecule has 0 bridgehead atoms. The number of carbonyl (C=O) groups is 5. The first kappa shape index (κ1) is 35.1. The number of Topliss-reactive ketones (excluding diaryl/α,β-unsaturated/α-hetero) is 1. The van der Waals surface area contributed by atoms with Crippen molar-refractivity contribution in [3.8, 4) is 11.5 Å². The molecule has 1 aliphatic heterocycles. The Morgan fingerprint density at radius 1 is 1.12 bits per heavy atom. The molecule has 4 aromatic rings. The minimum Gasteiger partial charge on any atom is -0.504 e. The molecule has 4 heterocycles. The van der Waals surface area contributed by atoms with Crippen molar-refractivity contribution in [2.75, 3.05) is 17.2 Å². The third-order valence-electron chi connectivity index (χ3n) is 7.68. The van der Waals surface area contributed by atoms with Gasteiger partial charge in [0.2, 0.25) is 6.10 Å². The molecule has 1 unspecified atom stereocenters. The SMILES string of the molecule is Cc1cc(SCC2=C(C(=O)O)C3C(=O)[C@@H](NC(=O)/C(=N\O[C@@H](C(=O)O)c4ccc(O)c(O)c4)c4csc(N)n4)[C@H]3SC2)n2nc(C(=O)O)nc2n1. The number of aliphatic carboxylic acids is 2. The zero-order valence-corrected chi connectivity index (χ0v) is 28.2. The highest BCUT2D eigenvalue weighted by Gasteiger charge is 2.56. The number of phenols is 2. The van der Waals surface area contributed by atoms with E-state index in [-0.39, 0.29) is 39.2 Å². The van der Waals surface area contributed by atoms with Crippen molar-refractivity contribution in [3.63, 3.8) is 0 Å². The molecule has 0 spiro atoms. The lowest BCUT2D eigenvalue weighted by Gasteiger charge is -2.46. The number of oxime groups is 1.